The first kappa shape index (κ1) is 10.7. The summed E-state index contributed by atoms with van der Waals surface area (Å²) in [7, 11) is 0. The summed E-state index contributed by atoms with van der Waals surface area (Å²) in [4.78, 5) is 13.3. The largest absolute Gasteiger partial charge is 0.447 e. The fourth-order valence-electron chi connectivity index (χ4n) is 2.49. The number of rotatable bonds is 3. The molecule has 0 aromatic heterocycles. The van der Waals surface area contributed by atoms with Crippen molar-refractivity contribution in [2.24, 2.45) is 5.92 Å². The number of carbonyl (C=O) groups is 1. The van der Waals surface area contributed by atoms with Crippen LogP contribution in [-0.2, 0) is 4.74 Å². The zero-order valence-corrected chi connectivity index (χ0v) is 9.37. The molecule has 15 heavy (non-hydrogen) atoms. The molecule has 1 amide bonds. The van der Waals surface area contributed by atoms with E-state index in [0.29, 0.717) is 6.61 Å². The van der Waals surface area contributed by atoms with E-state index in [1.165, 1.54) is 25.9 Å². The highest BCUT2D eigenvalue weighted by molar-refractivity contribution is 5.69. The fourth-order valence-corrected chi connectivity index (χ4v) is 2.49. The van der Waals surface area contributed by atoms with Gasteiger partial charge in [0.25, 0.3) is 0 Å². The molecule has 0 bridgehead atoms. The van der Waals surface area contributed by atoms with Crippen LogP contribution in [0, 0.1) is 5.92 Å². The third-order valence-electron chi connectivity index (χ3n) is 3.51. The predicted molar refractivity (Wildman–Crippen MR) is 57.7 cm³/mol. The van der Waals surface area contributed by atoms with E-state index in [0.717, 1.165) is 18.9 Å². The van der Waals surface area contributed by atoms with Crippen molar-refractivity contribution in [3.05, 3.63) is 0 Å². The van der Waals surface area contributed by atoms with E-state index in [9.17, 15) is 4.79 Å². The molecule has 0 spiro atoms. The standard InChI is InChI=1S/C11H20N2O2/c1-2-13-5-3-9(4-6-13)7-10-8-15-11(14)12-10/h9-10H,2-8H2,1H3,(H,12,14). The van der Waals surface area contributed by atoms with Gasteiger partial charge in [0.2, 0.25) is 0 Å². The highest BCUT2D eigenvalue weighted by atomic mass is 16.6. The number of nitrogens with zero attached hydrogens (tertiary/aromatic N) is 1. The van der Waals surface area contributed by atoms with Gasteiger partial charge in [0, 0.05) is 0 Å². The molecule has 1 unspecified atom stereocenters. The minimum atomic E-state index is -0.244. The average molecular weight is 212 g/mol. The maximum Gasteiger partial charge on any atom is 0.407 e. The van der Waals surface area contributed by atoms with Crippen LogP contribution in [-0.4, -0.2) is 43.3 Å². The Balaban J connectivity index is 1.70. The molecular weight excluding hydrogens is 192 g/mol. The van der Waals surface area contributed by atoms with Crippen LogP contribution in [0.1, 0.15) is 26.2 Å². The summed E-state index contributed by atoms with van der Waals surface area (Å²) in [6, 6.07) is 0.260. The lowest BCUT2D eigenvalue weighted by Gasteiger charge is -2.31. The Labute approximate surface area is 91.0 Å². The van der Waals surface area contributed by atoms with Crippen molar-refractivity contribution in [3.63, 3.8) is 0 Å². The number of cyclic esters (lactones) is 1. The molecule has 0 radical (unpaired) electrons. The number of amides is 1. The summed E-state index contributed by atoms with van der Waals surface area (Å²) >= 11 is 0. The Hall–Kier alpha value is -0.770. The maximum atomic E-state index is 10.9. The zero-order chi connectivity index (χ0) is 10.7. The van der Waals surface area contributed by atoms with E-state index in [1.807, 2.05) is 0 Å². The van der Waals surface area contributed by atoms with Gasteiger partial charge >= 0.3 is 6.09 Å². The van der Waals surface area contributed by atoms with E-state index < -0.39 is 0 Å². The van der Waals surface area contributed by atoms with Gasteiger partial charge in [-0.1, -0.05) is 6.92 Å². The van der Waals surface area contributed by atoms with Crippen LogP contribution in [0.4, 0.5) is 4.79 Å². The Kier molecular flexibility index (Phi) is 3.46. The topological polar surface area (TPSA) is 41.6 Å². The smallest absolute Gasteiger partial charge is 0.407 e. The van der Waals surface area contributed by atoms with Crippen molar-refractivity contribution in [1.29, 1.82) is 0 Å². The Morgan fingerprint density at radius 2 is 2.20 bits per heavy atom. The number of piperidine rings is 1. The van der Waals surface area contributed by atoms with Crippen LogP contribution in [0.2, 0.25) is 0 Å². The second kappa shape index (κ2) is 4.84. The molecule has 2 fully saturated rings. The lowest BCUT2D eigenvalue weighted by atomic mass is 9.90. The van der Waals surface area contributed by atoms with Crippen LogP contribution in [0.5, 0.6) is 0 Å². The fraction of sp³-hybridized carbons (Fsp3) is 0.909. The predicted octanol–water partition coefficient (Wildman–Crippen LogP) is 1.22. The number of nitrogens with one attached hydrogen (secondary N) is 1. The molecule has 4 heteroatoms. The van der Waals surface area contributed by atoms with E-state index in [-0.39, 0.29) is 12.1 Å². The van der Waals surface area contributed by atoms with Crippen molar-refractivity contribution >= 4 is 6.09 Å². The first-order valence-electron chi connectivity index (χ1n) is 5.93. The molecule has 2 saturated heterocycles. The maximum absolute atomic E-state index is 10.9. The Bertz CT molecular complexity index is 225. The summed E-state index contributed by atoms with van der Waals surface area (Å²) < 4.78 is 4.89. The minimum absolute atomic E-state index is 0.244. The third-order valence-corrected chi connectivity index (χ3v) is 3.51. The third kappa shape index (κ3) is 2.84. The van der Waals surface area contributed by atoms with Gasteiger partial charge in [0.05, 0.1) is 6.04 Å². The van der Waals surface area contributed by atoms with Crippen LogP contribution >= 0.6 is 0 Å². The number of hydrogen-bond donors (Lipinski definition) is 1. The summed E-state index contributed by atoms with van der Waals surface area (Å²) in [6.07, 6.45) is 3.37. The van der Waals surface area contributed by atoms with Gasteiger partial charge in [-0.05, 0) is 44.8 Å². The summed E-state index contributed by atoms with van der Waals surface area (Å²) in [5, 5.41) is 2.85. The molecule has 0 saturated carbocycles. The van der Waals surface area contributed by atoms with Gasteiger partial charge in [-0.15, -0.1) is 0 Å². The molecule has 2 aliphatic rings. The molecule has 2 rings (SSSR count). The van der Waals surface area contributed by atoms with Crippen molar-refractivity contribution in [3.8, 4) is 0 Å². The van der Waals surface area contributed by atoms with E-state index in [1.54, 1.807) is 0 Å². The van der Waals surface area contributed by atoms with Gasteiger partial charge in [0.15, 0.2) is 0 Å². The lowest BCUT2D eigenvalue weighted by Crippen LogP contribution is -2.36. The second-order valence-corrected chi connectivity index (χ2v) is 4.55. The summed E-state index contributed by atoms with van der Waals surface area (Å²) in [5.74, 6) is 0.764. The molecule has 1 atom stereocenters. The average Bonchev–Trinajstić information content (AvgIpc) is 2.65. The first-order valence-corrected chi connectivity index (χ1v) is 5.93. The number of alkyl carbamates (subject to hydrolysis) is 1. The van der Waals surface area contributed by atoms with Crippen LogP contribution in [0.25, 0.3) is 0 Å². The Morgan fingerprint density at radius 3 is 2.73 bits per heavy atom. The van der Waals surface area contributed by atoms with Crippen molar-refractivity contribution in [1.82, 2.24) is 10.2 Å². The van der Waals surface area contributed by atoms with Crippen LogP contribution in [0.3, 0.4) is 0 Å². The highest BCUT2D eigenvalue weighted by Gasteiger charge is 2.27. The van der Waals surface area contributed by atoms with Gasteiger partial charge in [-0.25, -0.2) is 4.79 Å². The number of hydrogen-bond acceptors (Lipinski definition) is 3. The monoisotopic (exact) mass is 212 g/mol. The number of ether oxygens (including phenoxy) is 1. The zero-order valence-electron chi connectivity index (χ0n) is 9.37. The second-order valence-electron chi connectivity index (χ2n) is 4.55. The van der Waals surface area contributed by atoms with Gasteiger partial charge in [0.1, 0.15) is 6.61 Å². The molecule has 0 aromatic carbocycles. The molecule has 2 aliphatic heterocycles. The van der Waals surface area contributed by atoms with Crippen molar-refractivity contribution in [2.45, 2.75) is 32.2 Å². The normalized spacial score (nSPS) is 28.9. The molecule has 0 aromatic rings. The van der Waals surface area contributed by atoms with Gasteiger partial charge in [-0.3, -0.25) is 0 Å². The number of carbonyl (C=O) groups excluding carboxylic acids is 1. The van der Waals surface area contributed by atoms with Crippen LogP contribution in [0.15, 0.2) is 0 Å². The summed E-state index contributed by atoms with van der Waals surface area (Å²) in [6.45, 7) is 6.36. The number of likely N-dealkylation sites (tertiary alicyclic amines) is 1. The lowest BCUT2D eigenvalue weighted by molar-refractivity contribution is 0.168. The Morgan fingerprint density at radius 1 is 1.47 bits per heavy atom. The minimum Gasteiger partial charge on any atom is -0.447 e. The van der Waals surface area contributed by atoms with Crippen LogP contribution < -0.4 is 5.32 Å². The van der Waals surface area contributed by atoms with Gasteiger partial charge in [-0.2, -0.15) is 0 Å². The molecule has 2 heterocycles. The molecule has 1 N–H and O–H groups in total. The molecule has 4 nitrogen and oxygen atoms in total. The van der Waals surface area contributed by atoms with Crippen molar-refractivity contribution in [2.75, 3.05) is 26.2 Å². The highest BCUT2D eigenvalue weighted by Crippen LogP contribution is 2.22. The molecular formula is C11H20N2O2. The molecule has 86 valence electrons. The van der Waals surface area contributed by atoms with E-state index in [4.69, 9.17) is 4.74 Å². The first-order chi connectivity index (χ1) is 7.28. The van der Waals surface area contributed by atoms with E-state index >= 15 is 0 Å². The summed E-state index contributed by atoms with van der Waals surface area (Å²) in [5.41, 5.74) is 0. The SMILES string of the molecule is CCN1CCC(CC2COC(=O)N2)CC1. The quantitative estimate of drug-likeness (QED) is 0.764. The van der Waals surface area contributed by atoms with E-state index in [2.05, 4.69) is 17.1 Å². The van der Waals surface area contributed by atoms with Gasteiger partial charge < -0.3 is 15.0 Å². The molecule has 0 aliphatic carbocycles. The van der Waals surface area contributed by atoms with Crippen molar-refractivity contribution < 1.29 is 9.53 Å².